The molecule has 0 bridgehead atoms. The number of nitrogens with zero attached hydrogens (tertiary/aromatic N) is 1. The predicted molar refractivity (Wildman–Crippen MR) is 66.1 cm³/mol. The summed E-state index contributed by atoms with van der Waals surface area (Å²) in [5, 5.41) is 9.85. The van der Waals surface area contributed by atoms with Gasteiger partial charge in [-0.2, -0.15) is 0 Å². The molecule has 0 aromatic carbocycles. The average Bonchev–Trinajstić information content (AvgIpc) is 2.63. The van der Waals surface area contributed by atoms with E-state index in [1.165, 1.54) is 16.8 Å². The highest BCUT2D eigenvalue weighted by Crippen LogP contribution is 2.33. The van der Waals surface area contributed by atoms with Gasteiger partial charge in [-0.3, -0.25) is 14.3 Å². The molecule has 5 heteroatoms. The topological polar surface area (TPSA) is 75.1 Å². The first-order valence-corrected chi connectivity index (χ1v) is 6.09. The van der Waals surface area contributed by atoms with Crippen LogP contribution in [0.15, 0.2) is 21.9 Å². The van der Waals surface area contributed by atoms with Crippen LogP contribution >= 0.6 is 0 Å². The van der Waals surface area contributed by atoms with E-state index in [4.69, 9.17) is 0 Å². The molecule has 0 aliphatic heterocycles. The molecule has 0 radical (unpaired) electrons. The molecule has 0 saturated heterocycles. The molecule has 2 N–H and O–H groups in total. The molecule has 0 amide bonds. The number of H-pyrrole nitrogens is 1. The third-order valence-electron chi connectivity index (χ3n) is 3.10. The van der Waals surface area contributed by atoms with Crippen LogP contribution in [0.1, 0.15) is 39.7 Å². The standard InChI is InChI=1S/C10H14N2O3.C2H6/c1-6-2-3-7(9(6)14)12-5-4-8(13)11-10(12)15;1-2/h4-7,9,14H,2-3H2,1H3,(H,11,13,15);1-2H3. The lowest BCUT2D eigenvalue weighted by molar-refractivity contribution is 0.0996. The van der Waals surface area contributed by atoms with Gasteiger partial charge < -0.3 is 5.11 Å². The zero-order chi connectivity index (χ0) is 13.0. The molecule has 2 rings (SSSR count). The number of hydrogen-bond acceptors (Lipinski definition) is 3. The molecule has 0 spiro atoms. The van der Waals surface area contributed by atoms with E-state index in [1.54, 1.807) is 0 Å². The van der Waals surface area contributed by atoms with Gasteiger partial charge in [0.1, 0.15) is 0 Å². The van der Waals surface area contributed by atoms with Crippen molar-refractivity contribution in [3.05, 3.63) is 33.1 Å². The van der Waals surface area contributed by atoms with E-state index in [0.29, 0.717) is 0 Å². The van der Waals surface area contributed by atoms with E-state index >= 15 is 0 Å². The minimum atomic E-state index is -0.506. The van der Waals surface area contributed by atoms with Crippen molar-refractivity contribution in [3.8, 4) is 0 Å². The molecule has 17 heavy (non-hydrogen) atoms. The lowest BCUT2D eigenvalue weighted by Crippen LogP contribution is -2.35. The molecule has 3 atom stereocenters. The van der Waals surface area contributed by atoms with E-state index < -0.39 is 17.4 Å². The van der Waals surface area contributed by atoms with Crippen LogP contribution in [0.2, 0.25) is 0 Å². The van der Waals surface area contributed by atoms with Crippen molar-refractivity contribution in [2.45, 2.75) is 45.8 Å². The van der Waals surface area contributed by atoms with Crippen molar-refractivity contribution < 1.29 is 5.11 Å². The highest BCUT2D eigenvalue weighted by atomic mass is 16.3. The van der Waals surface area contributed by atoms with Crippen LogP contribution in [0.3, 0.4) is 0 Å². The van der Waals surface area contributed by atoms with Crippen LogP contribution in [0, 0.1) is 5.92 Å². The number of aromatic nitrogens is 2. The first-order valence-electron chi connectivity index (χ1n) is 6.09. The molecule has 1 saturated carbocycles. The predicted octanol–water partition coefficient (Wildman–Crippen LogP) is 0.895. The Morgan fingerprint density at radius 2 is 2.00 bits per heavy atom. The van der Waals surface area contributed by atoms with E-state index in [-0.39, 0.29) is 12.0 Å². The normalized spacial score (nSPS) is 27.4. The molecule has 96 valence electrons. The minimum absolute atomic E-state index is 0.203. The molecule has 1 aliphatic carbocycles. The summed E-state index contributed by atoms with van der Waals surface area (Å²) in [7, 11) is 0. The molecular formula is C12H20N2O3. The second-order valence-corrected chi connectivity index (χ2v) is 4.13. The summed E-state index contributed by atoms with van der Waals surface area (Å²) in [4.78, 5) is 24.5. The molecule has 1 aromatic heterocycles. The van der Waals surface area contributed by atoms with Crippen molar-refractivity contribution in [2.75, 3.05) is 0 Å². The SMILES string of the molecule is CC.CC1CCC(n2ccc(=O)[nH]c2=O)C1O. The van der Waals surface area contributed by atoms with Crippen molar-refractivity contribution in [1.82, 2.24) is 9.55 Å². The summed E-state index contributed by atoms with van der Waals surface area (Å²) in [6.45, 7) is 5.96. The van der Waals surface area contributed by atoms with Crippen LogP contribution in [-0.4, -0.2) is 20.8 Å². The van der Waals surface area contributed by atoms with Crippen molar-refractivity contribution in [2.24, 2.45) is 5.92 Å². The van der Waals surface area contributed by atoms with Crippen molar-refractivity contribution >= 4 is 0 Å². The Labute approximate surface area is 100 Å². The summed E-state index contributed by atoms with van der Waals surface area (Å²) >= 11 is 0. The average molecular weight is 240 g/mol. The summed E-state index contributed by atoms with van der Waals surface area (Å²) in [6, 6.07) is 1.10. The molecule has 5 nitrogen and oxygen atoms in total. The van der Waals surface area contributed by atoms with E-state index in [0.717, 1.165) is 12.8 Å². The van der Waals surface area contributed by atoms with Gasteiger partial charge in [0.2, 0.25) is 0 Å². The third kappa shape index (κ3) is 2.85. The van der Waals surface area contributed by atoms with E-state index in [1.807, 2.05) is 20.8 Å². The van der Waals surface area contributed by atoms with Gasteiger partial charge in [-0.25, -0.2) is 4.79 Å². The Hall–Kier alpha value is -1.36. The number of rotatable bonds is 1. The van der Waals surface area contributed by atoms with Crippen LogP contribution < -0.4 is 11.2 Å². The first kappa shape index (κ1) is 13.7. The summed E-state index contributed by atoms with van der Waals surface area (Å²) < 4.78 is 1.41. The van der Waals surface area contributed by atoms with Gasteiger partial charge in [0, 0.05) is 12.3 Å². The molecule has 1 aromatic rings. The molecule has 3 unspecified atom stereocenters. The highest BCUT2D eigenvalue weighted by Gasteiger charge is 2.33. The Morgan fingerprint density at radius 1 is 1.35 bits per heavy atom. The number of aliphatic hydroxyl groups excluding tert-OH is 1. The number of hydrogen-bond donors (Lipinski definition) is 2. The Balaban J connectivity index is 0.000000686. The zero-order valence-electron chi connectivity index (χ0n) is 10.5. The van der Waals surface area contributed by atoms with Crippen molar-refractivity contribution in [1.29, 1.82) is 0 Å². The Morgan fingerprint density at radius 3 is 2.47 bits per heavy atom. The second kappa shape index (κ2) is 5.82. The quantitative estimate of drug-likeness (QED) is 0.765. The third-order valence-corrected chi connectivity index (χ3v) is 3.10. The molecule has 1 fully saturated rings. The lowest BCUT2D eigenvalue weighted by atomic mass is 10.1. The summed E-state index contributed by atoms with van der Waals surface area (Å²) in [5.74, 6) is 0.203. The van der Waals surface area contributed by atoms with Gasteiger partial charge in [-0.15, -0.1) is 0 Å². The van der Waals surface area contributed by atoms with Gasteiger partial charge in [0.25, 0.3) is 5.56 Å². The van der Waals surface area contributed by atoms with Gasteiger partial charge in [-0.1, -0.05) is 20.8 Å². The van der Waals surface area contributed by atoms with E-state index in [9.17, 15) is 14.7 Å². The lowest BCUT2D eigenvalue weighted by Gasteiger charge is -2.18. The second-order valence-electron chi connectivity index (χ2n) is 4.13. The monoisotopic (exact) mass is 240 g/mol. The Kier molecular flexibility index (Phi) is 4.69. The number of nitrogens with one attached hydrogen (secondary N) is 1. The van der Waals surface area contributed by atoms with Crippen LogP contribution in [0.5, 0.6) is 0 Å². The van der Waals surface area contributed by atoms with E-state index in [2.05, 4.69) is 4.98 Å². The molecular weight excluding hydrogens is 220 g/mol. The molecule has 1 aliphatic rings. The maximum Gasteiger partial charge on any atom is 0.328 e. The zero-order valence-corrected chi connectivity index (χ0v) is 10.5. The van der Waals surface area contributed by atoms with Gasteiger partial charge >= 0.3 is 5.69 Å². The Bertz CT molecular complexity index is 463. The number of aromatic amines is 1. The van der Waals surface area contributed by atoms with Crippen molar-refractivity contribution in [3.63, 3.8) is 0 Å². The minimum Gasteiger partial charge on any atom is -0.391 e. The van der Waals surface area contributed by atoms with Gasteiger partial charge in [0.05, 0.1) is 12.1 Å². The fraction of sp³-hybridized carbons (Fsp3) is 0.667. The molecule has 1 heterocycles. The summed E-state index contributed by atoms with van der Waals surface area (Å²) in [5.41, 5.74) is -0.850. The fourth-order valence-electron chi connectivity index (χ4n) is 2.15. The number of aliphatic hydroxyl groups is 1. The fourth-order valence-corrected chi connectivity index (χ4v) is 2.15. The van der Waals surface area contributed by atoms with Gasteiger partial charge in [0.15, 0.2) is 0 Å². The largest absolute Gasteiger partial charge is 0.391 e. The van der Waals surface area contributed by atoms with Crippen LogP contribution in [0.25, 0.3) is 0 Å². The maximum absolute atomic E-state index is 11.5. The highest BCUT2D eigenvalue weighted by molar-refractivity contribution is 4.92. The van der Waals surface area contributed by atoms with Crippen LogP contribution in [-0.2, 0) is 0 Å². The van der Waals surface area contributed by atoms with Gasteiger partial charge in [-0.05, 0) is 18.8 Å². The maximum atomic E-state index is 11.5. The van der Waals surface area contributed by atoms with Crippen LogP contribution in [0.4, 0.5) is 0 Å². The first-order chi connectivity index (χ1) is 8.09. The smallest absolute Gasteiger partial charge is 0.328 e. The summed E-state index contributed by atoms with van der Waals surface area (Å²) in [6.07, 6.45) is 2.62.